The van der Waals surface area contributed by atoms with E-state index in [1.807, 2.05) is 20.8 Å². The highest BCUT2D eigenvalue weighted by molar-refractivity contribution is 5.76. The van der Waals surface area contributed by atoms with E-state index in [1.165, 1.54) is 0 Å². The lowest BCUT2D eigenvalue weighted by molar-refractivity contribution is -0.139. The van der Waals surface area contributed by atoms with E-state index in [1.54, 1.807) is 18.5 Å². The molecule has 0 aliphatic carbocycles. The van der Waals surface area contributed by atoms with Crippen molar-refractivity contribution in [3.05, 3.63) is 29.6 Å². The Balaban J connectivity index is 3.12. The van der Waals surface area contributed by atoms with Crippen molar-refractivity contribution >= 4 is 5.97 Å². The zero-order valence-corrected chi connectivity index (χ0v) is 8.69. The predicted molar refractivity (Wildman–Crippen MR) is 54.2 cm³/mol. The molecule has 0 fully saturated rings. The highest BCUT2D eigenvalue weighted by Crippen LogP contribution is 2.26. The normalized spacial score (nSPS) is 12.9. The summed E-state index contributed by atoms with van der Waals surface area (Å²) in [5.41, 5.74) is 1.80. The Morgan fingerprint density at radius 1 is 1.50 bits per heavy atom. The Labute approximate surface area is 83.8 Å². The number of nitrogens with zero attached hydrogens (tertiary/aromatic N) is 1. The quantitative estimate of drug-likeness (QED) is 0.800. The van der Waals surface area contributed by atoms with Crippen LogP contribution in [0.5, 0.6) is 0 Å². The molecule has 76 valence electrons. The molecule has 0 spiro atoms. The number of carboxylic acids is 1. The van der Waals surface area contributed by atoms with Crippen LogP contribution < -0.4 is 0 Å². The molecule has 0 amide bonds. The van der Waals surface area contributed by atoms with Crippen molar-refractivity contribution in [2.24, 2.45) is 5.92 Å². The maximum Gasteiger partial charge on any atom is 0.311 e. The van der Waals surface area contributed by atoms with Gasteiger partial charge in [-0.25, -0.2) is 0 Å². The molecule has 0 aliphatic rings. The largest absolute Gasteiger partial charge is 0.481 e. The summed E-state index contributed by atoms with van der Waals surface area (Å²) in [5, 5.41) is 9.10. The van der Waals surface area contributed by atoms with E-state index in [0.29, 0.717) is 0 Å². The zero-order chi connectivity index (χ0) is 10.7. The Bertz CT molecular complexity index is 334. The number of aryl methyl sites for hydroxylation is 1. The molecule has 3 nitrogen and oxygen atoms in total. The van der Waals surface area contributed by atoms with Gasteiger partial charge in [0.1, 0.15) is 0 Å². The van der Waals surface area contributed by atoms with Crippen LogP contribution in [-0.2, 0) is 4.79 Å². The smallest absolute Gasteiger partial charge is 0.311 e. The molecule has 1 N–H and O–H groups in total. The van der Waals surface area contributed by atoms with Gasteiger partial charge in [0.2, 0.25) is 0 Å². The molecule has 0 aliphatic heterocycles. The van der Waals surface area contributed by atoms with Gasteiger partial charge in [-0.2, -0.15) is 0 Å². The molecule has 0 saturated carbocycles. The molecule has 1 atom stereocenters. The summed E-state index contributed by atoms with van der Waals surface area (Å²) in [5.74, 6) is -1.11. The minimum absolute atomic E-state index is 0.0913. The summed E-state index contributed by atoms with van der Waals surface area (Å²) < 4.78 is 0. The van der Waals surface area contributed by atoms with Gasteiger partial charge in [-0.15, -0.1) is 0 Å². The summed E-state index contributed by atoms with van der Waals surface area (Å²) >= 11 is 0. The van der Waals surface area contributed by atoms with Crippen molar-refractivity contribution in [3.63, 3.8) is 0 Å². The van der Waals surface area contributed by atoms with E-state index in [9.17, 15) is 4.79 Å². The number of hydrogen-bond donors (Lipinski definition) is 1. The maximum absolute atomic E-state index is 11.1. The van der Waals surface area contributed by atoms with Gasteiger partial charge in [0.15, 0.2) is 0 Å². The molecule has 0 bridgehead atoms. The molecule has 3 heteroatoms. The number of pyridine rings is 1. The zero-order valence-electron chi connectivity index (χ0n) is 8.69. The van der Waals surface area contributed by atoms with E-state index >= 15 is 0 Å². The first-order valence-electron chi connectivity index (χ1n) is 4.67. The van der Waals surface area contributed by atoms with Crippen molar-refractivity contribution in [2.45, 2.75) is 26.7 Å². The van der Waals surface area contributed by atoms with E-state index in [-0.39, 0.29) is 5.92 Å². The number of hydrogen-bond acceptors (Lipinski definition) is 2. The Kier molecular flexibility index (Phi) is 3.23. The highest BCUT2D eigenvalue weighted by Gasteiger charge is 2.24. The number of carboxylic acid groups (broad SMARTS) is 1. The van der Waals surface area contributed by atoms with Gasteiger partial charge in [0, 0.05) is 12.4 Å². The summed E-state index contributed by atoms with van der Waals surface area (Å²) in [7, 11) is 0. The van der Waals surface area contributed by atoms with Crippen LogP contribution in [0.1, 0.15) is 30.9 Å². The summed E-state index contributed by atoms with van der Waals surface area (Å²) in [6.45, 7) is 5.72. The van der Waals surface area contributed by atoms with Crippen molar-refractivity contribution in [1.29, 1.82) is 0 Å². The lowest BCUT2D eigenvalue weighted by Crippen LogP contribution is -2.18. The fourth-order valence-electron chi connectivity index (χ4n) is 1.61. The third-order valence-electron chi connectivity index (χ3n) is 2.33. The monoisotopic (exact) mass is 193 g/mol. The molecule has 14 heavy (non-hydrogen) atoms. The highest BCUT2D eigenvalue weighted by atomic mass is 16.4. The first kappa shape index (κ1) is 10.7. The van der Waals surface area contributed by atoms with Gasteiger partial charge < -0.3 is 5.11 Å². The van der Waals surface area contributed by atoms with Crippen molar-refractivity contribution in [2.75, 3.05) is 0 Å². The molecular weight excluding hydrogens is 178 g/mol. The van der Waals surface area contributed by atoms with Crippen LogP contribution in [0.3, 0.4) is 0 Å². The van der Waals surface area contributed by atoms with Crippen molar-refractivity contribution in [1.82, 2.24) is 4.98 Å². The number of aromatic nitrogens is 1. The number of carbonyl (C=O) groups is 1. The van der Waals surface area contributed by atoms with Gasteiger partial charge in [0.05, 0.1) is 5.92 Å². The van der Waals surface area contributed by atoms with Gasteiger partial charge in [-0.05, 0) is 30.0 Å². The van der Waals surface area contributed by atoms with E-state index < -0.39 is 11.9 Å². The maximum atomic E-state index is 11.1. The molecular formula is C11H15NO2. The second-order valence-electron chi connectivity index (χ2n) is 3.79. The van der Waals surface area contributed by atoms with Gasteiger partial charge >= 0.3 is 5.97 Å². The van der Waals surface area contributed by atoms with E-state index in [2.05, 4.69) is 4.98 Å². The standard InChI is InChI=1S/C11H15NO2/c1-7(2)10(11(13)14)9-4-5-12-6-8(9)3/h4-7,10H,1-3H3,(H,13,14). The number of aliphatic carboxylic acids is 1. The third-order valence-corrected chi connectivity index (χ3v) is 2.33. The first-order chi connectivity index (χ1) is 6.54. The molecule has 0 radical (unpaired) electrons. The predicted octanol–water partition coefficient (Wildman–Crippen LogP) is 2.21. The average Bonchev–Trinajstić information content (AvgIpc) is 2.07. The fourth-order valence-corrected chi connectivity index (χ4v) is 1.61. The molecule has 0 aromatic carbocycles. The third kappa shape index (κ3) is 2.10. The van der Waals surface area contributed by atoms with E-state index in [0.717, 1.165) is 11.1 Å². The second kappa shape index (κ2) is 4.22. The Morgan fingerprint density at radius 3 is 2.57 bits per heavy atom. The van der Waals surface area contributed by atoms with Crippen LogP contribution in [0.15, 0.2) is 18.5 Å². The number of rotatable bonds is 3. The summed E-state index contributed by atoms with van der Waals surface area (Å²) in [6.07, 6.45) is 3.34. The summed E-state index contributed by atoms with van der Waals surface area (Å²) in [4.78, 5) is 15.0. The fraction of sp³-hybridized carbons (Fsp3) is 0.455. The minimum atomic E-state index is -0.769. The van der Waals surface area contributed by atoms with Crippen LogP contribution in [0, 0.1) is 12.8 Å². The van der Waals surface area contributed by atoms with Crippen LogP contribution in [-0.4, -0.2) is 16.1 Å². The Morgan fingerprint density at radius 2 is 2.14 bits per heavy atom. The molecule has 1 unspecified atom stereocenters. The van der Waals surface area contributed by atoms with Crippen LogP contribution in [0.4, 0.5) is 0 Å². The molecule has 1 aromatic rings. The van der Waals surface area contributed by atoms with Gasteiger partial charge in [0.25, 0.3) is 0 Å². The Hall–Kier alpha value is -1.38. The lowest BCUT2D eigenvalue weighted by Gasteiger charge is -2.18. The minimum Gasteiger partial charge on any atom is -0.481 e. The average molecular weight is 193 g/mol. The van der Waals surface area contributed by atoms with Crippen molar-refractivity contribution in [3.8, 4) is 0 Å². The lowest BCUT2D eigenvalue weighted by atomic mass is 9.87. The van der Waals surface area contributed by atoms with Crippen LogP contribution >= 0.6 is 0 Å². The van der Waals surface area contributed by atoms with Gasteiger partial charge in [-0.3, -0.25) is 9.78 Å². The molecule has 1 aromatic heterocycles. The second-order valence-corrected chi connectivity index (χ2v) is 3.79. The summed E-state index contributed by atoms with van der Waals surface area (Å²) in [6, 6.07) is 1.79. The van der Waals surface area contributed by atoms with Crippen LogP contribution in [0.2, 0.25) is 0 Å². The SMILES string of the molecule is Cc1cnccc1C(C(=O)O)C(C)C. The van der Waals surface area contributed by atoms with Gasteiger partial charge in [-0.1, -0.05) is 13.8 Å². The first-order valence-corrected chi connectivity index (χ1v) is 4.67. The van der Waals surface area contributed by atoms with Crippen molar-refractivity contribution < 1.29 is 9.90 Å². The topological polar surface area (TPSA) is 50.2 Å². The molecule has 1 rings (SSSR count). The van der Waals surface area contributed by atoms with Crippen LogP contribution in [0.25, 0.3) is 0 Å². The van der Waals surface area contributed by atoms with E-state index in [4.69, 9.17) is 5.11 Å². The molecule has 1 heterocycles. The molecule has 0 saturated heterocycles.